The predicted octanol–water partition coefficient (Wildman–Crippen LogP) is 4.31. The zero-order valence-corrected chi connectivity index (χ0v) is 16.7. The second kappa shape index (κ2) is 10.2. The highest BCUT2D eigenvalue weighted by atomic mass is 16.5. The van der Waals surface area contributed by atoms with Crippen LogP contribution in [0, 0.1) is 20.8 Å². The highest BCUT2D eigenvalue weighted by Crippen LogP contribution is 2.24. The first-order valence-electron chi connectivity index (χ1n) is 9.07. The molecule has 146 valence electrons. The van der Waals surface area contributed by atoms with Gasteiger partial charge in [-0.2, -0.15) is 0 Å². The number of benzene rings is 2. The van der Waals surface area contributed by atoms with Gasteiger partial charge in [0.05, 0.1) is 0 Å². The zero-order valence-electron chi connectivity index (χ0n) is 16.7. The molecule has 3 rings (SSSR count). The molecule has 1 aromatic heterocycles. The summed E-state index contributed by atoms with van der Waals surface area (Å²) in [5.74, 6) is 1.57. The first-order valence-corrected chi connectivity index (χ1v) is 9.07. The number of aldehydes is 1. The van der Waals surface area contributed by atoms with Gasteiger partial charge in [-0.05, 0) is 75.3 Å². The van der Waals surface area contributed by atoms with Crippen molar-refractivity contribution in [2.45, 2.75) is 27.3 Å². The molecule has 0 saturated heterocycles. The normalized spacial score (nSPS) is 10.0. The summed E-state index contributed by atoms with van der Waals surface area (Å²) in [5, 5.41) is 2.97. The summed E-state index contributed by atoms with van der Waals surface area (Å²) < 4.78 is 5.69. The van der Waals surface area contributed by atoms with Crippen molar-refractivity contribution in [2.24, 2.45) is 0 Å². The van der Waals surface area contributed by atoms with E-state index in [1.165, 1.54) is 0 Å². The molecule has 0 unspecified atom stereocenters. The van der Waals surface area contributed by atoms with Gasteiger partial charge in [0.15, 0.2) is 0 Å². The Morgan fingerprint density at radius 3 is 2.29 bits per heavy atom. The van der Waals surface area contributed by atoms with Crippen LogP contribution in [0.3, 0.4) is 0 Å². The van der Waals surface area contributed by atoms with Gasteiger partial charge in [-0.25, -0.2) is 0 Å². The Hall–Kier alpha value is -3.18. The minimum atomic E-state index is 0.0156. The van der Waals surface area contributed by atoms with Gasteiger partial charge in [0.1, 0.15) is 17.8 Å². The molecule has 0 spiro atoms. The van der Waals surface area contributed by atoms with Crippen LogP contribution in [-0.2, 0) is 6.54 Å². The Morgan fingerprint density at radius 1 is 1.00 bits per heavy atom. The lowest BCUT2D eigenvalue weighted by Gasteiger charge is -2.08. The second-order valence-corrected chi connectivity index (χ2v) is 6.53. The molecule has 5 heteroatoms. The van der Waals surface area contributed by atoms with Crippen molar-refractivity contribution in [3.63, 3.8) is 0 Å². The molecule has 0 radical (unpaired) electrons. The minimum absolute atomic E-state index is 0.0156. The fraction of sp³-hybridized carbons (Fsp3) is 0.217. The molecule has 0 saturated carbocycles. The zero-order chi connectivity index (χ0) is 20.5. The number of aryl methyl sites for hydroxylation is 3. The molecule has 0 aliphatic rings. The Bertz CT molecular complexity index is 979. The number of para-hydroxylation sites is 1. The fourth-order valence-electron chi connectivity index (χ4n) is 2.75. The summed E-state index contributed by atoms with van der Waals surface area (Å²) in [6, 6.07) is 16.9. The molecule has 0 atom stereocenters. The number of hydrogen-bond donors (Lipinski definition) is 2. The number of hydrogen-bond acceptors (Lipinski definition) is 4. The van der Waals surface area contributed by atoms with Crippen LogP contribution in [0.25, 0.3) is 0 Å². The summed E-state index contributed by atoms with van der Waals surface area (Å²) in [6.45, 7) is 6.39. The Morgan fingerprint density at radius 2 is 1.71 bits per heavy atom. The van der Waals surface area contributed by atoms with Gasteiger partial charge in [-0.3, -0.25) is 9.59 Å². The number of ether oxygens (including phenoxy) is 1. The van der Waals surface area contributed by atoms with Gasteiger partial charge >= 0.3 is 0 Å². The Kier molecular flexibility index (Phi) is 7.72. The van der Waals surface area contributed by atoms with Crippen LogP contribution >= 0.6 is 0 Å². The average molecular weight is 378 g/mol. The molecule has 3 aromatic rings. The molecule has 1 heterocycles. The van der Waals surface area contributed by atoms with Gasteiger partial charge in [0.25, 0.3) is 5.56 Å². The number of nitrogens with one attached hydrogen (secondary N) is 2. The van der Waals surface area contributed by atoms with E-state index in [0.29, 0.717) is 12.1 Å². The highest BCUT2D eigenvalue weighted by molar-refractivity contribution is 5.75. The maximum atomic E-state index is 11.4. The number of aromatic amines is 1. The van der Waals surface area contributed by atoms with E-state index in [9.17, 15) is 9.59 Å². The van der Waals surface area contributed by atoms with E-state index >= 15 is 0 Å². The molecule has 5 nitrogen and oxygen atoms in total. The van der Waals surface area contributed by atoms with E-state index < -0.39 is 0 Å². The number of H-pyrrole nitrogens is 1. The van der Waals surface area contributed by atoms with Crippen LogP contribution in [0.2, 0.25) is 0 Å². The van der Waals surface area contributed by atoms with Crippen molar-refractivity contribution in [2.75, 3.05) is 7.05 Å². The molecule has 0 aliphatic heterocycles. The van der Waals surface area contributed by atoms with Crippen LogP contribution in [-0.4, -0.2) is 18.3 Å². The highest BCUT2D eigenvalue weighted by Gasteiger charge is 2.03. The molecular weight excluding hydrogens is 352 g/mol. The number of pyridine rings is 1. The van der Waals surface area contributed by atoms with E-state index in [4.69, 9.17) is 4.74 Å². The van der Waals surface area contributed by atoms with Crippen molar-refractivity contribution in [1.82, 2.24) is 10.3 Å². The van der Waals surface area contributed by atoms with Crippen LogP contribution in [0.4, 0.5) is 0 Å². The van der Waals surface area contributed by atoms with Gasteiger partial charge in [0.2, 0.25) is 0 Å². The van der Waals surface area contributed by atoms with Crippen LogP contribution in [0.5, 0.6) is 11.5 Å². The molecule has 28 heavy (non-hydrogen) atoms. The number of carbonyl (C=O) groups excluding carboxylic acids is 1. The lowest BCUT2D eigenvalue weighted by Crippen LogP contribution is -2.20. The molecule has 0 fully saturated rings. The van der Waals surface area contributed by atoms with E-state index in [1.807, 2.05) is 76.3 Å². The predicted molar refractivity (Wildman–Crippen MR) is 112 cm³/mol. The molecule has 0 aliphatic carbocycles. The standard InChI is InChI=1S/C14H12O2.C9H14N2O/c1-11-9-12(10-15)7-8-14(11)16-13-5-3-2-4-6-13;1-6-4-7(2)11-9(12)8(6)5-10-3/h2-10H,1H3;4,10H,5H2,1-3H3,(H,11,12). The average Bonchev–Trinajstić information content (AvgIpc) is 2.67. The number of aromatic nitrogens is 1. The van der Waals surface area contributed by atoms with Crippen molar-refractivity contribution >= 4 is 6.29 Å². The van der Waals surface area contributed by atoms with E-state index in [0.717, 1.165) is 40.2 Å². The maximum absolute atomic E-state index is 11.4. The monoisotopic (exact) mass is 378 g/mol. The van der Waals surface area contributed by atoms with Crippen molar-refractivity contribution < 1.29 is 9.53 Å². The third-order valence-corrected chi connectivity index (χ3v) is 4.15. The van der Waals surface area contributed by atoms with Gasteiger partial charge in [-0.15, -0.1) is 0 Å². The molecule has 2 N–H and O–H groups in total. The largest absolute Gasteiger partial charge is 0.457 e. The van der Waals surface area contributed by atoms with Crippen molar-refractivity contribution in [3.05, 3.63) is 92.9 Å². The summed E-state index contributed by atoms with van der Waals surface area (Å²) in [6.07, 6.45) is 0.833. The first-order chi connectivity index (χ1) is 13.4. The van der Waals surface area contributed by atoms with Gasteiger partial charge in [-0.1, -0.05) is 18.2 Å². The fourth-order valence-corrected chi connectivity index (χ4v) is 2.75. The number of carbonyl (C=O) groups is 1. The third kappa shape index (κ3) is 5.93. The second-order valence-electron chi connectivity index (χ2n) is 6.53. The van der Waals surface area contributed by atoms with Crippen LogP contribution < -0.4 is 15.6 Å². The summed E-state index contributed by atoms with van der Waals surface area (Å²) in [4.78, 5) is 24.7. The number of rotatable bonds is 5. The summed E-state index contributed by atoms with van der Waals surface area (Å²) >= 11 is 0. The summed E-state index contributed by atoms with van der Waals surface area (Å²) in [7, 11) is 1.83. The van der Waals surface area contributed by atoms with Gasteiger partial charge < -0.3 is 15.0 Å². The van der Waals surface area contributed by atoms with Gasteiger partial charge in [0, 0.05) is 23.4 Å². The first kappa shape index (κ1) is 21.1. The molecular formula is C23H26N2O3. The van der Waals surface area contributed by atoms with Crippen molar-refractivity contribution in [3.8, 4) is 11.5 Å². The summed E-state index contributed by atoms with van der Waals surface area (Å²) in [5.41, 5.74) is 4.42. The topological polar surface area (TPSA) is 71.2 Å². The van der Waals surface area contributed by atoms with Crippen LogP contribution in [0.15, 0.2) is 59.4 Å². The van der Waals surface area contributed by atoms with E-state index in [1.54, 1.807) is 6.07 Å². The maximum Gasteiger partial charge on any atom is 0.252 e. The SMILES string of the molecule is CNCc1c(C)cc(C)[nH]c1=O.Cc1cc(C=O)ccc1Oc1ccccc1. The van der Waals surface area contributed by atoms with E-state index in [2.05, 4.69) is 10.3 Å². The minimum Gasteiger partial charge on any atom is -0.457 e. The molecule has 0 bridgehead atoms. The van der Waals surface area contributed by atoms with E-state index in [-0.39, 0.29) is 5.56 Å². The quantitative estimate of drug-likeness (QED) is 0.649. The molecule has 0 amide bonds. The lowest BCUT2D eigenvalue weighted by atomic mass is 10.1. The Balaban J connectivity index is 0.000000209. The third-order valence-electron chi connectivity index (χ3n) is 4.15. The Labute approximate surface area is 165 Å². The lowest BCUT2D eigenvalue weighted by molar-refractivity contribution is 0.112. The van der Waals surface area contributed by atoms with Crippen LogP contribution in [0.1, 0.15) is 32.7 Å². The smallest absolute Gasteiger partial charge is 0.252 e. The van der Waals surface area contributed by atoms with Crippen molar-refractivity contribution in [1.29, 1.82) is 0 Å². The molecule has 2 aromatic carbocycles.